The average Bonchev–Trinajstić information content (AvgIpc) is 2.83. The Bertz CT molecular complexity index is 685. The van der Waals surface area contributed by atoms with Gasteiger partial charge in [-0.15, -0.1) is 0 Å². The molecule has 19 heavy (non-hydrogen) atoms. The van der Waals surface area contributed by atoms with Crippen LogP contribution in [-0.4, -0.2) is 9.97 Å². The molecule has 94 valence electrons. The molecule has 2 aromatic carbocycles. The Morgan fingerprint density at radius 2 is 1.58 bits per heavy atom. The molecule has 3 rings (SSSR count). The molecule has 1 aromatic heterocycles. The first-order valence-electron chi connectivity index (χ1n) is 6.12. The van der Waals surface area contributed by atoms with Crippen molar-refractivity contribution in [2.45, 2.75) is 6.92 Å². The van der Waals surface area contributed by atoms with Crippen LogP contribution in [0.25, 0.3) is 22.6 Å². The Kier molecular flexibility index (Phi) is 2.88. The van der Waals surface area contributed by atoms with Crippen LogP contribution in [0.5, 0.6) is 0 Å². The smallest absolute Gasteiger partial charge is 0.138 e. The molecule has 3 aromatic rings. The Labute approximate surface area is 111 Å². The lowest BCUT2D eigenvalue weighted by Crippen LogP contribution is -1.82. The first-order valence-corrected chi connectivity index (χ1v) is 6.12. The fraction of sp³-hybridized carbons (Fsp3) is 0.0625. The maximum absolute atomic E-state index is 12.9. The van der Waals surface area contributed by atoms with Crippen molar-refractivity contribution in [1.29, 1.82) is 0 Å². The number of aromatic amines is 1. The first kappa shape index (κ1) is 11.7. The van der Waals surface area contributed by atoms with E-state index in [0.717, 1.165) is 28.3 Å². The zero-order valence-electron chi connectivity index (χ0n) is 10.5. The third kappa shape index (κ3) is 2.27. The van der Waals surface area contributed by atoms with Gasteiger partial charge in [0.2, 0.25) is 0 Å². The van der Waals surface area contributed by atoms with Gasteiger partial charge < -0.3 is 4.98 Å². The molecule has 0 aliphatic carbocycles. The average molecular weight is 252 g/mol. The second kappa shape index (κ2) is 4.69. The number of nitrogens with one attached hydrogen (secondary N) is 1. The van der Waals surface area contributed by atoms with Gasteiger partial charge in [0.1, 0.15) is 11.6 Å². The molecular weight excluding hydrogens is 239 g/mol. The predicted molar refractivity (Wildman–Crippen MR) is 74.2 cm³/mol. The van der Waals surface area contributed by atoms with Crippen LogP contribution in [0.2, 0.25) is 0 Å². The van der Waals surface area contributed by atoms with E-state index in [4.69, 9.17) is 0 Å². The molecule has 1 heterocycles. The van der Waals surface area contributed by atoms with Crippen LogP contribution in [0, 0.1) is 12.7 Å². The molecule has 0 saturated carbocycles. The summed E-state index contributed by atoms with van der Waals surface area (Å²) in [6, 6.07) is 16.3. The minimum atomic E-state index is -0.236. The highest BCUT2D eigenvalue weighted by molar-refractivity contribution is 5.67. The van der Waals surface area contributed by atoms with Crippen LogP contribution in [0.4, 0.5) is 4.39 Å². The molecule has 1 N–H and O–H groups in total. The number of benzene rings is 2. The fourth-order valence-electron chi connectivity index (χ4n) is 2.08. The number of H-pyrrole nitrogens is 1. The van der Waals surface area contributed by atoms with E-state index in [-0.39, 0.29) is 5.82 Å². The van der Waals surface area contributed by atoms with Gasteiger partial charge in [-0.25, -0.2) is 9.37 Å². The van der Waals surface area contributed by atoms with Crippen LogP contribution < -0.4 is 0 Å². The number of rotatable bonds is 2. The van der Waals surface area contributed by atoms with Crippen molar-refractivity contribution in [3.63, 3.8) is 0 Å². The number of hydrogen-bond acceptors (Lipinski definition) is 1. The topological polar surface area (TPSA) is 28.7 Å². The molecule has 0 atom stereocenters. The van der Waals surface area contributed by atoms with Gasteiger partial charge in [-0.2, -0.15) is 0 Å². The molecule has 0 radical (unpaired) electrons. The normalized spacial score (nSPS) is 10.6. The molecular formula is C16H13FN2. The van der Waals surface area contributed by atoms with Crippen LogP contribution in [-0.2, 0) is 0 Å². The third-order valence-electron chi connectivity index (χ3n) is 3.05. The number of imidazole rings is 1. The van der Waals surface area contributed by atoms with E-state index in [2.05, 4.69) is 9.97 Å². The molecule has 2 nitrogen and oxygen atoms in total. The van der Waals surface area contributed by atoms with Crippen LogP contribution in [0.1, 0.15) is 5.69 Å². The van der Waals surface area contributed by atoms with Crippen LogP contribution in [0.15, 0.2) is 54.6 Å². The predicted octanol–water partition coefficient (Wildman–Crippen LogP) is 4.19. The zero-order valence-corrected chi connectivity index (χ0v) is 10.5. The highest BCUT2D eigenvalue weighted by Gasteiger charge is 2.10. The standard InChI is InChI=1S/C16H13FN2/c1-11-15(12-7-9-14(17)10-8-12)19-16(18-11)13-5-3-2-4-6-13/h2-10H,1H3,(H,18,19). The summed E-state index contributed by atoms with van der Waals surface area (Å²) in [5.41, 5.74) is 3.79. The lowest BCUT2D eigenvalue weighted by molar-refractivity contribution is 0.628. The summed E-state index contributed by atoms with van der Waals surface area (Å²) in [6.07, 6.45) is 0. The summed E-state index contributed by atoms with van der Waals surface area (Å²) in [5.74, 6) is 0.595. The number of halogens is 1. The van der Waals surface area contributed by atoms with E-state index in [1.807, 2.05) is 37.3 Å². The summed E-state index contributed by atoms with van der Waals surface area (Å²) in [5, 5.41) is 0. The molecule has 0 aliphatic rings. The lowest BCUT2D eigenvalue weighted by Gasteiger charge is -1.97. The first-order chi connectivity index (χ1) is 9.24. The molecule has 0 amide bonds. The van der Waals surface area contributed by atoms with E-state index >= 15 is 0 Å². The quantitative estimate of drug-likeness (QED) is 0.727. The van der Waals surface area contributed by atoms with Gasteiger partial charge in [-0.3, -0.25) is 0 Å². The van der Waals surface area contributed by atoms with Crippen molar-refractivity contribution < 1.29 is 4.39 Å². The molecule has 0 spiro atoms. The monoisotopic (exact) mass is 252 g/mol. The Balaban J connectivity index is 2.05. The van der Waals surface area contributed by atoms with Gasteiger partial charge >= 0.3 is 0 Å². The molecule has 0 fully saturated rings. The van der Waals surface area contributed by atoms with Crippen molar-refractivity contribution in [1.82, 2.24) is 9.97 Å². The maximum atomic E-state index is 12.9. The molecule has 3 heteroatoms. The lowest BCUT2D eigenvalue weighted by atomic mass is 10.1. The van der Waals surface area contributed by atoms with Crippen LogP contribution >= 0.6 is 0 Å². The summed E-state index contributed by atoms with van der Waals surface area (Å²) >= 11 is 0. The second-order valence-corrected chi connectivity index (χ2v) is 4.43. The number of aryl methyl sites for hydroxylation is 1. The fourth-order valence-corrected chi connectivity index (χ4v) is 2.08. The van der Waals surface area contributed by atoms with Crippen molar-refractivity contribution in [3.05, 3.63) is 66.1 Å². The van der Waals surface area contributed by atoms with Gasteiger partial charge in [0, 0.05) is 16.8 Å². The van der Waals surface area contributed by atoms with Gasteiger partial charge in [-0.1, -0.05) is 30.3 Å². The SMILES string of the molecule is Cc1[nH]c(-c2ccccc2)nc1-c1ccc(F)cc1. The third-order valence-corrected chi connectivity index (χ3v) is 3.05. The van der Waals surface area contributed by atoms with Crippen molar-refractivity contribution in [2.75, 3.05) is 0 Å². The largest absolute Gasteiger partial charge is 0.342 e. The van der Waals surface area contributed by atoms with E-state index in [1.54, 1.807) is 12.1 Å². The molecule has 0 aliphatic heterocycles. The highest BCUT2D eigenvalue weighted by atomic mass is 19.1. The van der Waals surface area contributed by atoms with Gasteiger partial charge in [0.05, 0.1) is 5.69 Å². The van der Waals surface area contributed by atoms with Crippen molar-refractivity contribution in [3.8, 4) is 22.6 Å². The zero-order chi connectivity index (χ0) is 13.2. The van der Waals surface area contributed by atoms with Crippen molar-refractivity contribution in [2.24, 2.45) is 0 Å². The van der Waals surface area contributed by atoms with Crippen molar-refractivity contribution >= 4 is 0 Å². The van der Waals surface area contributed by atoms with Gasteiger partial charge in [0.25, 0.3) is 0 Å². The molecule has 0 bridgehead atoms. The summed E-state index contributed by atoms with van der Waals surface area (Å²) in [6.45, 7) is 1.97. The highest BCUT2D eigenvalue weighted by Crippen LogP contribution is 2.25. The minimum Gasteiger partial charge on any atom is -0.342 e. The van der Waals surface area contributed by atoms with Gasteiger partial charge in [-0.05, 0) is 31.2 Å². The maximum Gasteiger partial charge on any atom is 0.138 e. The van der Waals surface area contributed by atoms with E-state index in [0.29, 0.717) is 0 Å². The Hall–Kier alpha value is -2.42. The van der Waals surface area contributed by atoms with E-state index < -0.39 is 0 Å². The number of aromatic nitrogens is 2. The summed E-state index contributed by atoms with van der Waals surface area (Å²) in [7, 11) is 0. The Morgan fingerprint density at radius 3 is 2.26 bits per heavy atom. The number of nitrogens with zero attached hydrogens (tertiary/aromatic N) is 1. The number of hydrogen-bond donors (Lipinski definition) is 1. The Morgan fingerprint density at radius 1 is 0.895 bits per heavy atom. The minimum absolute atomic E-state index is 0.236. The molecule has 0 unspecified atom stereocenters. The van der Waals surface area contributed by atoms with E-state index in [9.17, 15) is 4.39 Å². The van der Waals surface area contributed by atoms with E-state index in [1.165, 1.54) is 12.1 Å². The summed E-state index contributed by atoms with van der Waals surface area (Å²) in [4.78, 5) is 7.87. The van der Waals surface area contributed by atoms with Crippen LogP contribution in [0.3, 0.4) is 0 Å². The van der Waals surface area contributed by atoms with Gasteiger partial charge in [0.15, 0.2) is 0 Å². The molecule has 0 saturated heterocycles. The second-order valence-electron chi connectivity index (χ2n) is 4.43. The summed E-state index contributed by atoms with van der Waals surface area (Å²) < 4.78 is 12.9.